The Bertz CT molecular complexity index is 1060. The summed E-state index contributed by atoms with van der Waals surface area (Å²) < 4.78 is 6.34. The third-order valence-corrected chi connectivity index (χ3v) is 7.31. The molecule has 8 nitrogen and oxygen atoms in total. The summed E-state index contributed by atoms with van der Waals surface area (Å²) in [6.45, 7) is 0.429. The molecule has 34 heavy (non-hydrogen) atoms. The highest BCUT2D eigenvalue weighted by molar-refractivity contribution is 5.98. The van der Waals surface area contributed by atoms with E-state index in [-0.39, 0.29) is 30.9 Å². The van der Waals surface area contributed by atoms with Gasteiger partial charge in [0.1, 0.15) is 11.6 Å². The molecule has 3 amide bonds. The van der Waals surface area contributed by atoms with Gasteiger partial charge in [0.2, 0.25) is 17.7 Å². The van der Waals surface area contributed by atoms with Crippen LogP contribution < -0.4 is 10.6 Å². The molecule has 5 rings (SSSR count). The third kappa shape index (κ3) is 3.76. The van der Waals surface area contributed by atoms with E-state index in [4.69, 9.17) is 4.74 Å². The number of ether oxygens (including phenoxy) is 1. The van der Waals surface area contributed by atoms with Gasteiger partial charge in [-0.2, -0.15) is 0 Å². The molecule has 178 valence electrons. The first-order chi connectivity index (χ1) is 16.5. The molecule has 3 saturated heterocycles. The fourth-order valence-corrected chi connectivity index (χ4v) is 5.89. The van der Waals surface area contributed by atoms with E-state index < -0.39 is 29.6 Å². The fourth-order valence-electron chi connectivity index (χ4n) is 5.89. The van der Waals surface area contributed by atoms with Crippen LogP contribution in [0.4, 0.5) is 0 Å². The molecule has 8 heteroatoms. The van der Waals surface area contributed by atoms with Crippen molar-refractivity contribution >= 4 is 17.7 Å². The molecule has 0 saturated carbocycles. The number of nitrogens with one attached hydrogen (secondary N) is 2. The maximum atomic E-state index is 13.5. The topological polar surface area (TPSA) is 108 Å². The molecule has 3 N–H and O–H groups in total. The van der Waals surface area contributed by atoms with E-state index in [1.54, 1.807) is 0 Å². The van der Waals surface area contributed by atoms with Crippen LogP contribution in [0.2, 0.25) is 0 Å². The average Bonchev–Trinajstić information content (AvgIpc) is 3.50. The molecule has 0 aromatic heterocycles. The third-order valence-electron chi connectivity index (χ3n) is 7.31. The predicted molar refractivity (Wildman–Crippen MR) is 123 cm³/mol. The Labute approximate surface area is 198 Å². The van der Waals surface area contributed by atoms with Crippen LogP contribution in [0.3, 0.4) is 0 Å². The minimum Gasteiger partial charge on any atom is -0.395 e. The van der Waals surface area contributed by atoms with Crippen molar-refractivity contribution < 1.29 is 24.2 Å². The van der Waals surface area contributed by atoms with Gasteiger partial charge in [-0.15, -0.1) is 0 Å². The summed E-state index contributed by atoms with van der Waals surface area (Å²) in [5.41, 5.74) is 0.858. The number of carbonyl (C=O) groups is 3. The van der Waals surface area contributed by atoms with Crippen molar-refractivity contribution in [2.45, 2.75) is 43.7 Å². The fraction of sp³-hybridized carbons (Fsp3) is 0.423. The smallest absolute Gasteiger partial charge is 0.246 e. The first-order valence-electron chi connectivity index (χ1n) is 11.8. The number of aliphatic hydroxyl groups excluding tert-OH is 1. The lowest BCUT2D eigenvalue weighted by Gasteiger charge is -2.33. The second kappa shape index (κ2) is 9.19. The van der Waals surface area contributed by atoms with Crippen molar-refractivity contribution in [1.82, 2.24) is 15.5 Å². The van der Waals surface area contributed by atoms with E-state index in [1.165, 1.54) is 4.90 Å². The Morgan fingerprint density at radius 1 is 0.971 bits per heavy atom. The second-order valence-electron chi connectivity index (χ2n) is 9.22. The standard InChI is InChI=1S/C26H29N3O5/c30-14-13-29-22(24(32)28-16-18-9-5-2-6-10-18)26-12-11-19(34-26)20(21(26)25(29)33)23(31)27-15-17-7-3-1-4-8-17/h1-10,19-22,30H,11-16H2,(H,27,31)(H,28,32)/t19-,20+,21+,22?,26?/m1/s1. The van der Waals surface area contributed by atoms with Gasteiger partial charge in [0.05, 0.1) is 24.5 Å². The van der Waals surface area contributed by atoms with Crippen LogP contribution in [0.25, 0.3) is 0 Å². The van der Waals surface area contributed by atoms with Crippen LogP contribution in [0.1, 0.15) is 24.0 Å². The summed E-state index contributed by atoms with van der Waals surface area (Å²) in [4.78, 5) is 41.5. The van der Waals surface area contributed by atoms with Gasteiger partial charge in [0, 0.05) is 19.6 Å². The van der Waals surface area contributed by atoms with Crippen molar-refractivity contribution in [3.63, 3.8) is 0 Å². The van der Waals surface area contributed by atoms with Gasteiger partial charge >= 0.3 is 0 Å². The van der Waals surface area contributed by atoms with E-state index in [9.17, 15) is 19.5 Å². The van der Waals surface area contributed by atoms with Gasteiger partial charge in [-0.3, -0.25) is 14.4 Å². The van der Waals surface area contributed by atoms with E-state index in [0.717, 1.165) is 11.1 Å². The average molecular weight is 464 g/mol. The van der Waals surface area contributed by atoms with Crippen LogP contribution in [-0.2, 0) is 32.2 Å². The molecule has 5 atom stereocenters. The van der Waals surface area contributed by atoms with Gasteiger partial charge < -0.3 is 25.4 Å². The van der Waals surface area contributed by atoms with Crippen molar-refractivity contribution in [3.05, 3.63) is 71.8 Å². The van der Waals surface area contributed by atoms with Gasteiger partial charge in [-0.05, 0) is 24.0 Å². The number of aliphatic hydroxyl groups is 1. The molecule has 0 aliphatic carbocycles. The zero-order valence-corrected chi connectivity index (χ0v) is 18.9. The van der Waals surface area contributed by atoms with Crippen LogP contribution in [-0.4, -0.2) is 58.6 Å². The number of nitrogens with zero attached hydrogens (tertiary/aromatic N) is 1. The van der Waals surface area contributed by atoms with Crippen LogP contribution in [0.15, 0.2) is 60.7 Å². The molecule has 3 heterocycles. The molecule has 1 spiro atoms. The van der Waals surface area contributed by atoms with Crippen LogP contribution >= 0.6 is 0 Å². The van der Waals surface area contributed by atoms with Crippen molar-refractivity contribution in [1.29, 1.82) is 0 Å². The number of likely N-dealkylation sites (tertiary alicyclic amines) is 1. The summed E-state index contributed by atoms with van der Waals surface area (Å²) in [5, 5.41) is 15.5. The summed E-state index contributed by atoms with van der Waals surface area (Å²) in [7, 11) is 0. The zero-order valence-electron chi connectivity index (χ0n) is 18.9. The number of hydrogen-bond donors (Lipinski definition) is 3. The largest absolute Gasteiger partial charge is 0.395 e. The normalized spacial score (nSPS) is 29.2. The Balaban J connectivity index is 1.36. The molecule has 2 unspecified atom stereocenters. The van der Waals surface area contributed by atoms with E-state index in [1.807, 2.05) is 60.7 Å². The van der Waals surface area contributed by atoms with Gasteiger partial charge in [-0.1, -0.05) is 60.7 Å². The number of β-amino-alcohol motifs (C(OH)–C–C–N with tert-alkyl or cyclic N) is 1. The first kappa shape index (κ1) is 22.6. The summed E-state index contributed by atoms with van der Waals surface area (Å²) >= 11 is 0. The first-order valence-corrected chi connectivity index (χ1v) is 11.8. The summed E-state index contributed by atoms with van der Waals surface area (Å²) in [5.74, 6) is -2.24. The molecule has 2 aromatic rings. The molecule has 2 bridgehead atoms. The highest BCUT2D eigenvalue weighted by Gasteiger charge is 2.74. The van der Waals surface area contributed by atoms with E-state index in [0.29, 0.717) is 25.9 Å². The Morgan fingerprint density at radius 3 is 2.15 bits per heavy atom. The molecule has 3 aliphatic heterocycles. The molecule has 0 radical (unpaired) electrons. The molecular weight excluding hydrogens is 434 g/mol. The second-order valence-corrected chi connectivity index (χ2v) is 9.22. The molecule has 2 aromatic carbocycles. The molecule has 3 aliphatic rings. The SMILES string of the molecule is O=C(NCc1ccccc1)C1N(CCO)C(=O)[C@@H]2[C@@H](C(=O)NCc3ccccc3)[C@H]3CCC12O3. The maximum absolute atomic E-state index is 13.5. The van der Waals surface area contributed by atoms with Crippen molar-refractivity contribution in [2.24, 2.45) is 11.8 Å². The van der Waals surface area contributed by atoms with E-state index in [2.05, 4.69) is 10.6 Å². The van der Waals surface area contributed by atoms with Crippen molar-refractivity contribution in [3.8, 4) is 0 Å². The number of fused-ring (bicyclic) bond motifs is 1. The molecular formula is C26H29N3O5. The predicted octanol–water partition coefficient (Wildman–Crippen LogP) is 0.986. The Hall–Kier alpha value is -3.23. The number of hydrogen-bond acceptors (Lipinski definition) is 5. The summed E-state index contributed by atoms with van der Waals surface area (Å²) in [6, 6.07) is 18.2. The highest BCUT2D eigenvalue weighted by atomic mass is 16.5. The number of rotatable bonds is 8. The lowest BCUT2D eigenvalue weighted by molar-refractivity contribution is -0.142. The Kier molecular flexibility index (Phi) is 6.10. The monoisotopic (exact) mass is 463 g/mol. The number of carbonyl (C=O) groups excluding carboxylic acids is 3. The number of benzene rings is 2. The minimum absolute atomic E-state index is 0.0207. The lowest BCUT2D eigenvalue weighted by atomic mass is 9.70. The van der Waals surface area contributed by atoms with E-state index >= 15 is 0 Å². The number of amides is 3. The highest BCUT2D eigenvalue weighted by Crippen LogP contribution is 2.58. The summed E-state index contributed by atoms with van der Waals surface area (Å²) in [6.07, 6.45) is 0.746. The van der Waals surface area contributed by atoms with Crippen LogP contribution in [0, 0.1) is 11.8 Å². The maximum Gasteiger partial charge on any atom is 0.246 e. The zero-order chi connectivity index (χ0) is 23.7. The Morgan fingerprint density at radius 2 is 1.56 bits per heavy atom. The van der Waals surface area contributed by atoms with Gasteiger partial charge in [-0.25, -0.2) is 0 Å². The lowest BCUT2D eigenvalue weighted by Crippen LogP contribution is -2.55. The van der Waals surface area contributed by atoms with Crippen molar-refractivity contribution in [2.75, 3.05) is 13.2 Å². The molecule has 3 fully saturated rings. The van der Waals surface area contributed by atoms with Gasteiger partial charge in [0.25, 0.3) is 0 Å². The quantitative estimate of drug-likeness (QED) is 0.541. The minimum atomic E-state index is -1.05. The van der Waals surface area contributed by atoms with Crippen LogP contribution in [0.5, 0.6) is 0 Å². The van der Waals surface area contributed by atoms with Gasteiger partial charge in [0.15, 0.2) is 0 Å².